The van der Waals surface area contributed by atoms with Crippen LogP contribution in [-0.2, 0) is 13.0 Å². The van der Waals surface area contributed by atoms with Crippen molar-refractivity contribution in [2.45, 2.75) is 13.0 Å². The van der Waals surface area contributed by atoms with E-state index in [0.717, 1.165) is 12.1 Å². The lowest BCUT2D eigenvalue weighted by atomic mass is 9.96. The van der Waals surface area contributed by atoms with E-state index in [4.69, 9.17) is 9.47 Å². The number of nitrogens with zero attached hydrogens (tertiary/aromatic N) is 2. The molecule has 1 aliphatic rings. The fourth-order valence-electron chi connectivity index (χ4n) is 3.07. The number of methoxy groups -OCH3 is 2. The Labute approximate surface area is 153 Å². The van der Waals surface area contributed by atoms with Gasteiger partial charge in [0.15, 0.2) is 23.1 Å². The second-order valence-corrected chi connectivity index (χ2v) is 5.89. The van der Waals surface area contributed by atoms with E-state index in [2.05, 4.69) is 4.98 Å². The molecule has 3 rings (SSSR count). The second kappa shape index (κ2) is 7.18. The standard InChI is InChI=1S/C18H16F2N2O5/c1-26-15-13-10(14(18(24)25)21-16(15)27-2)5-6-22(17(13)23)8-9-3-4-11(19)12(20)7-9/h3-4,7H,5-6,8H2,1-2H3,(H,24,25). The Bertz CT molecular complexity index is 932. The van der Waals surface area contributed by atoms with E-state index in [-0.39, 0.29) is 48.0 Å². The zero-order chi connectivity index (χ0) is 19.7. The van der Waals surface area contributed by atoms with E-state index in [1.807, 2.05) is 0 Å². The highest BCUT2D eigenvalue weighted by molar-refractivity contribution is 6.03. The van der Waals surface area contributed by atoms with Crippen molar-refractivity contribution >= 4 is 11.9 Å². The molecule has 2 aromatic rings. The lowest BCUT2D eigenvalue weighted by Gasteiger charge is -2.30. The van der Waals surface area contributed by atoms with Crippen molar-refractivity contribution in [3.8, 4) is 11.6 Å². The van der Waals surface area contributed by atoms with Gasteiger partial charge in [-0.2, -0.15) is 0 Å². The summed E-state index contributed by atoms with van der Waals surface area (Å²) in [6.07, 6.45) is 0.222. The molecule has 0 radical (unpaired) electrons. The van der Waals surface area contributed by atoms with Gasteiger partial charge in [-0.15, -0.1) is 0 Å². The van der Waals surface area contributed by atoms with Crippen molar-refractivity contribution in [1.29, 1.82) is 0 Å². The van der Waals surface area contributed by atoms with Crippen LogP contribution in [0, 0.1) is 11.6 Å². The van der Waals surface area contributed by atoms with Gasteiger partial charge in [0.2, 0.25) is 0 Å². The highest BCUT2D eigenvalue weighted by atomic mass is 19.2. The Kier molecular flexibility index (Phi) is 4.93. The Balaban J connectivity index is 2.03. The van der Waals surface area contributed by atoms with Crippen LogP contribution in [0.2, 0.25) is 0 Å². The molecule has 0 saturated carbocycles. The average molecular weight is 378 g/mol. The third-order valence-electron chi connectivity index (χ3n) is 4.31. The van der Waals surface area contributed by atoms with Crippen LogP contribution in [0.25, 0.3) is 0 Å². The summed E-state index contributed by atoms with van der Waals surface area (Å²) in [5, 5.41) is 9.41. The molecule has 27 heavy (non-hydrogen) atoms. The van der Waals surface area contributed by atoms with Crippen LogP contribution in [-0.4, -0.2) is 47.6 Å². The summed E-state index contributed by atoms with van der Waals surface area (Å²) >= 11 is 0. The van der Waals surface area contributed by atoms with Crippen molar-refractivity contribution in [3.05, 3.63) is 52.2 Å². The Hall–Kier alpha value is -3.23. The van der Waals surface area contributed by atoms with E-state index in [1.54, 1.807) is 0 Å². The molecule has 1 aromatic carbocycles. The summed E-state index contributed by atoms with van der Waals surface area (Å²) in [6.45, 7) is 0.230. The summed E-state index contributed by atoms with van der Waals surface area (Å²) in [5.74, 6) is -3.84. The molecule has 0 fully saturated rings. The molecule has 1 N–H and O–H groups in total. The minimum Gasteiger partial charge on any atom is -0.491 e. The molecule has 2 heterocycles. The van der Waals surface area contributed by atoms with E-state index < -0.39 is 23.5 Å². The fraction of sp³-hybridized carbons (Fsp3) is 0.278. The lowest BCUT2D eigenvalue weighted by molar-refractivity contribution is 0.0682. The maximum Gasteiger partial charge on any atom is 0.354 e. The number of halogens is 2. The molecule has 0 atom stereocenters. The topological polar surface area (TPSA) is 89.0 Å². The van der Waals surface area contributed by atoms with Gasteiger partial charge in [-0.1, -0.05) is 6.07 Å². The van der Waals surface area contributed by atoms with Gasteiger partial charge in [0, 0.05) is 18.7 Å². The molecular formula is C18H16F2N2O5. The molecule has 1 amide bonds. The monoisotopic (exact) mass is 378 g/mol. The molecule has 1 aliphatic heterocycles. The molecule has 0 saturated heterocycles. The Morgan fingerprint density at radius 3 is 2.59 bits per heavy atom. The summed E-state index contributed by atoms with van der Waals surface area (Å²) in [7, 11) is 2.61. The number of carbonyl (C=O) groups excluding carboxylic acids is 1. The minimum atomic E-state index is -1.28. The number of ether oxygens (including phenoxy) is 2. The number of carboxylic acid groups (broad SMARTS) is 1. The lowest BCUT2D eigenvalue weighted by Crippen LogP contribution is -2.38. The van der Waals surface area contributed by atoms with E-state index in [9.17, 15) is 23.5 Å². The van der Waals surface area contributed by atoms with Crippen LogP contribution in [0.3, 0.4) is 0 Å². The van der Waals surface area contributed by atoms with Gasteiger partial charge in [0.05, 0.1) is 19.8 Å². The predicted molar refractivity (Wildman–Crippen MR) is 89.1 cm³/mol. The maximum atomic E-state index is 13.4. The highest BCUT2D eigenvalue weighted by Gasteiger charge is 2.34. The number of carboxylic acids is 1. The highest BCUT2D eigenvalue weighted by Crippen LogP contribution is 2.37. The molecule has 142 valence electrons. The smallest absolute Gasteiger partial charge is 0.354 e. The fourth-order valence-corrected chi connectivity index (χ4v) is 3.07. The number of carbonyl (C=O) groups is 2. The van der Waals surface area contributed by atoms with Crippen LogP contribution in [0.4, 0.5) is 8.78 Å². The number of hydrogen-bond donors (Lipinski definition) is 1. The van der Waals surface area contributed by atoms with Gasteiger partial charge in [-0.25, -0.2) is 18.6 Å². The van der Waals surface area contributed by atoms with Gasteiger partial charge in [0.25, 0.3) is 11.8 Å². The number of hydrogen-bond acceptors (Lipinski definition) is 5. The zero-order valence-corrected chi connectivity index (χ0v) is 14.6. The summed E-state index contributed by atoms with van der Waals surface area (Å²) < 4.78 is 36.8. The van der Waals surface area contributed by atoms with E-state index in [0.29, 0.717) is 5.56 Å². The third kappa shape index (κ3) is 3.27. The molecule has 9 heteroatoms. The molecule has 7 nitrogen and oxygen atoms in total. The van der Waals surface area contributed by atoms with Crippen molar-refractivity contribution in [3.63, 3.8) is 0 Å². The number of aromatic carboxylic acids is 1. The van der Waals surface area contributed by atoms with Crippen molar-refractivity contribution in [1.82, 2.24) is 9.88 Å². The molecule has 0 unspecified atom stereocenters. The Morgan fingerprint density at radius 1 is 1.26 bits per heavy atom. The van der Waals surface area contributed by atoms with Gasteiger partial charge in [0.1, 0.15) is 0 Å². The average Bonchev–Trinajstić information content (AvgIpc) is 2.65. The number of amides is 1. The molecule has 0 aliphatic carbocycles. The first kappa shape index (κ1) is 18.6. The number of pyridine rings is 1. The summed E-state index contributed by atoms with van der Waals surface area (Å²) in [5.41, 5.74) is 0.440. The second-order valence-electron chi connectivity index (χ2n) is 5.89. The third-order valence-corrected chi connectivity index (χ3v) is 4.31. The number of fused-ring (bicyclic) bond motifs is 1. The predicted octanol–water partition coefficient (Wildman–Crippen LogP) is 2.27. The molecule has 0 spiro atoms. The summed E-state index contributed by atoms with van der Waals surface area (Å²) in [6, 6.07) is 3.39. The van der Waals surface area contributed by atoms with Crippen molar-refractivity contribution in [2.75, 3.05) is 20.8 Å². The maximum absolute atomic E-state index is 13.4. The largest absolute Gasteiger partial charge is 0.491 e. The van der Waals surface area contributed by atoms with Crippen LogP contribution >= 0.6 is 0 Å². The van der Waals surface area contributed by atoms with Crippen molar-refractivity contribution < 1.29 is 33.0 Å². The SMILES string of the molecule is COc1nc(C(=O)O)c2c(c1OC)C(=O)N(Cc1ccc(F)c(F)c1)CC2. The van der Waals surface area contributed by atoms with E-state index >= 15 is 0 Å². The van der Waals surface area contributed by atoms with Gasteiger partial charge >= 0.3 is 5.97 Å². The Morgan fingerprint density at radius 2 is 2.00 bits per heavy atom. The number of aromatic nitrogens is 1. The molecule has 1 aromatic heterocycles. The quantitative estimate of drug-likeness (QED) is 0.859. The number of rotatable bonds is 5. The normalized spacial score (nSPS) is 13.3. The van der Waals surface area contributed by atoms with Gasteiger partial charge < -0.3 is 19.5 Å². The van der Waals surface area contributed by atoms with Crippen LogP contribution in [0.15, 0.2) is 18.2 Å². The van der Waals surface area contributed by atoms with Gasteiger partial charge in [-0.3, -0.25) is 4.79 Å². The first-order valence-corrected chi connectivity index (χ1v) is 7.98. The molecule has 0 bridgehead atoms. The van der Waals surface area contributed by atoms with Gasteiger partial charge in [-0.05, 0) is 24.1 Å². The van der Waals surface area contributed by atoms with Crippen LogP contribution < -0.4 is 9.47 Å². The first-order valence-electron chi connectivity index (χ1n) is 7.98. The molecular weight excluding hydrogens is 362 g/mol. The zero-order valence-electron chi connectivity index (χ0n) is 14.6. The van der Waals surface area contributed by atoms with Crippen LogP contribution in [0.1, 0.15) is 32.0 Å². The van der Waals surface area contributed by atoms with E-state index in [1.165, 1.54) is 25.2 Å². The number of benzene rings is 1. The summed E-state index contributed by atoms with van der Waals surface area (Å²) in [4.78, 5) is 29.9. The minimum absolute atomic E-state index is 0.0334. The van der Waals surface area contributed by atoms with Crippen LogP contribution in [0.5, 0.6) is 11.6 Å². The first-order chi connectivity index (χ1) is 12.9. The van der Waals surface area contributed by atoms with Crippen molar-refractivity contribution in [2.24, 2.45) is 0 Å².